The van der Waals surface area contributed by atoms with Crippen molar-refractivity contribution in [2.24, 2.45) is 10.9 Å². The van der Waals surface area contributed by atoms with Crippen LogP contribution in [0.3, 0.4) is 0 Å². The van der Waals surface area contributed by atoms with Crippen molar-refractivity contribution < 1.29 is 14.7 Å². The minimum atomic E-state index is -0.375. The van der Waals surface area contributed by atoms with Crippen molar-refractivity contribution in [3.05, 3.63) is 35.1 Å². The first-order valence-corrected chi connectivity index (χ1v) is 7.27. The van der Waals surface area contributed by atoms with E-state index in [0.29, 0.717) is 17.7 Å². The average molecular weight is 295 g/mol. The van der Waals surface area contributed by atoms with Crippen LogP contribution in [0, 0.1) is 5.82 Å². The Morgan fingerprint density at radius 2 is 2.19 bits per heavy atom. The van der Waals surface area contributed by atoms with E-state index < -0.39 is 0 Å². The first-order valence-electron chi connectivity index (χ1n) is 7.27. The summed E-state index contributed by atoms with van der Waals surface area (Å²) in [5.74, 6) is -0.483. The number of nitrogens with two attached hydrogens (primary N) is 1. The number of amidine groups is 1. The normalized spacial score (nSPS) is 21.2. The lowest BCUT2D eigenvalue weighted by molar-refractivity contribution is 0.117. The molecule has 0 spiro atoms. The Kier molecular flexibility index (Phi) is 5.52. The Hall–Kier alpha value is -1.66. The van der Waals surface area contributed by atoms with Gasteiger partial charge in [0, 0.05) is 23.7 Å². The number of rotatable bonds is 4. The minimum Gasteiger partial charge on any atom is -0.409 e. The maximum absolute atomic E-state index is 14.2. The molecule has 1 aliphatic rings. The summed E-state index contributed by atoms with van der Waals surface area (Å²) >= 11 is 0. The van der Waals surface area contributed by atoms with Crippen molar-refractivity contribution in [1.82, 2.24) is 4.90 Å². The van der Waals surface area contributed by atoms with Gasteiger partial charge in [-0.1, -0.05) is 30.1 Å². The summed E-state index contributed by atoms with van der Waals surface area (Å²) in [7, 11) is 0. The van der Waals surface area contributed by atoms with Crippen molar-refractivity contribution >= 4 is 5.84 Å². The smallest absolute Gasteiger partial charge is 0.170 e. The second-order valence-electron chi connectivity index (χ2n) is 5.45. The van der Waals surface area contributed by atoms with E-state index in [1.165, 1.54) is 6.07 Å². The zero-order valence-corrected chi connectivity index (χ0v) is 12.0. The predicted octanol–water partition coefficient (Wildman–Crippen LogP) is 1.66. The highest BCUT2D eigenvalue weighted by Gasteiger charge is 2.21. The maximum atomic E-state index is 14.2. The summed E-state index contributed by atoms with van der Waals surface area (Å²) in [6, 6.07) is 4.66. The molecule has 6 heteroatoms. The molecule has 0 radical (unpaired) electrons. The second-order valence-corrected chi connectivity index (χ2v) is 5.45. The molecule has 4 N–H and O–H groups in total. The highest BCUT2D eigenvalue weighted by Crippen LogP contribution is 2.20. The lowest BCUT2D eigenvalue weighted by Gasteiger charge is -2.28. The SMILES string of the molecule is N/C(=N/O)c1ccc(CN2CCCCCC2CO)c(F)c1. The van der Waals surface area contributed by atoms with Crippen molar-refractivity contribution in [2.45, 2.75) is 38.3 Å². The van der Waals surface area contributed by atoms with E-state index in [1.807, 2.05) is 0 Å². The van der Waals surface area contributed by atoms with Gasteiger partial charge in [-0.2, -0.15) is 0 Å². The van der Waals surface area contributed by atoms with Gasteiger partial charge in [0.2, 0.25) is 0 Å². The molecular formula is C15H22FN3O2. The fraction of sp³-hybridized carbons (Fsp3) is 0.533. The minimum absolute atomic E-state index is 0.0932. The van der Waals surface area contributed by atoms with E-state index in [2.05, 4.69) is 10.1 Å². The third-order valence-corrected chi connectivity index (χ3v) is 4.04. The molecule has 0 amide bonds. The van der Waals surface area contributed by atoms with E-state index in [-0.39, 0.29) is 24.3 Å². The molecule has 1 fully saturated rings. The molecule has 1 unspecified atom stereocenters. The molecule has 21 heavy (non-hydrogen) atoms. The first kappa shape index (κ1) is 15.7. The number of aliphatic hydroxyl groups excluding tert-OH is 1. The van der Waals surface area contributed by atoms with Crippen LogP contribution in [0.15, 0.2) is 23.4 Å². The van der Waals surface area contributed by atoms with E-state index >= 15 is 0 Å². The summed E-state index contributed by atoms with van der Waals surface area (Å²) in [5, 5.41) is 21.0. The molecular weight excluding hydrogens is 273 g/mol. The van der Waals surface area contributed by atoms with Crippen LogP contribution >= 0.6 is 0 Å². The van der Waals surface area contributed by atoms with E-state index in [4.69, 9.17) is 10.9 Å². The molecule has 1 aliphatic heterocycles. The lowest BCUT2D eigenvalue weighted by atomic mass is 10.1. The second kappa shape index (κ2) is 7.38. The van der Waals surface area contributed by atoms with Crippen LogP contribution in [-0.4, -0.2) is 40.2 Å². The number of aliphatic hydroxyl groups is 1. The zero-order valence-electron chi connectivity index (χ0n) is 12.0. The quantitative estimate of drug-likeness (QED) is 0.341. The van der Waals surface area contributed by atoms with Gasteiger partial charge >= 0.3 is 0 Å². The summed E-state index contributed by atoms with van der Waals surface area (Å²) in [4.78, 5) is 2.13. The summed E-state index contributed by atoms with van der Waals surface area (Å²) in [5.41, 5.74) is 6.37. The van der Waals surface area contributed by atoms with Crippen LogP contribution in [0.2, 0.25) is 0 Å². The Morgan fingerprint density at radius 1 is 1.38 bits per heavy atom. The summed E-state index contributed by atoms with van der Waals surface area (Å²) < 4.78 is 14.2. The van der Waals surface area contributed by atoms with E-state index in [0.717, 1.165) is 32.2 Å². The number of nitrogens with zero attached hydrogens (tertiary/aromatic N) is 2. The molecule has 1 aromatic rings. The molecule has 1 aromatic carbocycles. The Labute approximate surface area is 123 Å². The van der Waals surface area contributed by atoms with Crippen LogP contribution in [0.5, 0.6) is 0 Å². The monoisotopic (exact) mass is 295 g/mol. The van der Waals surface area contributed by atoms with Crippen molar-refractivity contribution in [1.29, 1.82) is 0 Å². The van der Waals surface area contributed by atoms with Crippen LogP contribution in [0.1, 0.15) is 36.8 Å². The van der Waals surface area contributed by atoms with Crippen LogP contribution in [0.25, 0.3) is 0 Å². The number of benzene rings is 1. The van der Waals surface area contributed by atoms with Crippen molar-refractivity contribution in [2.75, 3.05) is 13.2 Å². The molecule has 116 valence electrons. The maximum Gasteiger partial charge on any atom is 0.170 e. The van der Waals surface area contributed by atoms with Gasteiger partial charge in [-0.25, -0.2) is 4.39 Å². The van der Waals surface area contributed by atoms with E-state index in [1.54, 1.807) is 12.1 Å². The number of halogens is 1. The number of hydrogen-bond donors (Lipinski definition) is 3. The molecule has 0 bridgehead atoms. The molecule has 0 saturated carbocycles. The highest BCUT2D eigenvalue weighted by molar-refractivity contribution is 5.97. The van der Waals surface area contributed by atoms with Gasteiger partial charge in [0.05, 0.1) is 6.61 Å². The van der Waals surface area contributed by atoms with Gasteiger partial charge < -0.3 is 16.0 Å². The standard InChI is InChI=1S/C15H22FN3O2/c16-14-8-11(15(17)18-21)5-6-12(14)9-19-7-3-1-2-4-13(19)10-20/h5-6,8,13,20-21H,1-4,7,9-10H2,(H2,17,18). The predicted molar refractivity (Wildman–Crippen MR) is 78.7 cm³/mol. The third-order valence-electron chi connectivity index (χ3n) is 4.04. The molecule has 1 saturated heterocycles. The third kappa shape index (κ3) is 3.92. The Balaban J connectivity index is 2.14. The van der Waals surface area contributed by atoms with Gasteiger partial charge in [-0.05, 0) is 25.5 Å². The van der Waals surface area contributed by atoms with Gasteiger partial charge in [-0.15, -0.1) is 0 Å². The first-order chi connectivity index (χ1) is 10.2. The molecule has 5 nitrogen and oxygen atoms in total. The van der Waals surface area contributed by atoms with Gasteiger partial charge in [0.1, 0.15) is 5.82 Å². The molecule has 0 aliphatic carbocycles. The topological polar surface area (TPSA) is 82.1 Å². The van der Waals surface area contributed by atoms with Crippen molar-refractivity contribution in [3.8, 4) is 0 Å². The molecule has 2 rings (SSSR count). The molecule has 1 atom stereocenters. The van der Waals surface area contributed by atoms with Gasteiger partial charge in [0.15, 0.2) is 5.84 Å². The molecule has 0 aromatic heterocycles. The van der Waals surface area contributed by atoms with Crippen LogP contribution < -0.4 is 5.73 Å². The zero-order chi connectivity index (χ0) is 15.2. The number of hydrogen-bond acceptors (Lipinski definition) is 4. The van der Waals surface area contributed by atoms with Crippen LogP contribution in [0.4, 0.5) is 4.39 Å². The fourth-order valence-corrected chi connectivity index (χ4v) is 2.76. The van der Waals surface area contributed by atoms with Gasteiger partial charge in [0.25, 0.3) is 0 Å². The van der Waals surface area contributed by atoms with E-state index in [9.17, 15) is 9.50 Å². The van der Waals surface area contributed by atoms with Gasteiger partial charge in [-0.3, -0.25) is 4.90 Å². The Bertz CT molecular complexity index is 508. The highest BCUT2D eigenvalue weighted by atomic mass is 19.1. The Morgan fingerprint density at radius 3 is 2.86 bits per heavy atom. The van der Waals surface area contributed by atoms with Crippen LogP contribution in [-0.2, 0) is 6.54 Å². The summed E-state index contributed by atoms with van der Waals surface area (Å²) in [6.45, 7) is 1.43. The fourth-order valence-electron chi connectivity index (χ4n) is 2.76. The average Bonchev–Trinajstić information content (AvgIpc) is 2.73. The largest absolute Gasteiger partial charge is 0.409 e. The number of likely N-dealkylation sites (tertiary alicyclic amines) is 1. The summed E-state index contributed by atoms with van der Waals surface area (Å²) in [6.07, 6.45) is 4.27. The number of oxime groups is 1. The van der Waals surface area contributed by atoms with Crippen molar-refractivity contribution in [3.63, 3.8) is 0 Å². The lowest BCUT2D eigenvalue weighted by Crippen LogP contribution is -2.37. The molecule has 1 heterocycles.